The number of carboxylic acid groups (broad SMARTS) is 1. The Morgan fingerprint density at radius 3 is 2.51 bits per heavy atom. The van der Waals surface area contributed by atoms with E-state index in [0.29, 0.717) is 36.6 Å². The second-order valence-corrected chi connectivity index (χ2v) is 13.3. The summed E-state index contributed by atoms with van der Waals surface area (Å²) < 4.78 is 33.9. The Hall–Kier alpha value is -3.81. The Morgan fingerprint density at radius 1 is 1.27 bits per heavy atom. The zero-order valence-electron chi connectivity index (χ0n) is 24.8. The molecule has 3 fully saturated rings. The van der Waals surface area contributed by atoms with Gasteiger partial charge >= 0.3 is 16.3 Å². The minimum absolute atomic E-state index is 0.00718. The number of thiazole rings is 1. The fourth-order valence-electron chi connectivity index (χ4n) is 5.19. The first-order chi connectivity index (χ1) is 21.3. The van der Waals surface area contributed by atoms with E-state index in [0.717, 1.165) is 24.2 Å². The molecule has 0 aromatic carbocycles. The van der Waals surface area contributed by atoms with E-state index >= 15 is 0 Å². The van der Waals surface area contributed by atoms with Gasteiger partial charge in [-0.05, 0) is 38.0 Å². The van der Waals surface area contributed by atoms with Gasteiger partial charge in [-0.2, -0.15) is 23.4 Å². The monoisotopic (exact) mass is 667 g/mol. The minimum Gasteiger partial charge on any atom is -0.478 e. The number of amides is 1. The molecule has 246 valence electrons. The van der Waals surface area contributed by atoms with Gasteiger partial charge < -0.3 is 26.8 Å². The average molecular weight is 668 g/mol. The number of ketones is 1. The molecule has 2 saturated carbocycles. The zero-order valence-corrected chi connectivity index (χ0v) is 26.5. The molecule has 1 aliphatic heterocycles. The molecule has 19 heteroatoms. The quantitative estimate of drug-likeness (QED) is 0.0770. The average Bonchev–Trinajstić information content (AvgIpc) is 3.43. The van der Waals surface area contributed by atoms with Crippen LogP contribution in [0.3, 0.4) is 0 Å². The van der Waals surface area contributed by atoms with Gasteiger partial charge in [0.2, 0.25) is 11.5 Å². The van der Waals surface area contributed by atoms with Crippen molar-refractivity contribution in [2.24, 2.45) is 22.7 Å². The molecule has 17 nitrogen and oxygen atoms in total. The van der Waals surface area contributed by atoms with E-state index < -0.39 is 51.9 Å². The van der Waals surface area contributed by atoms with Crippen molar-refractivity contribution in [2.45, 2.75) is 89.4 Å². The number of carbonyl (C=O) groups is 3. The SMILES string of the molecule is CC.N=C(CCc1cnn(C[C@@H]2[C@H](CC(=O)/C(=N\OC3(C(=O)O)CC3)c3csc(N)n3)C(=O)N2S(=O)(=O)O)n1)CC1CC(N)C1. The largest absolute Gasteiger partial charge is 0.478 e. The molecule has 0 radical (unpaired) electrons. The minimum atomic E-state index is -4.96. The van der Waals surface area contributed by atoms with Gasteiger partial charge in [0.05, 0.1) is 30.4 Å². The summed E-state index contributed by atoms with van der Waals surface area (Å²) in [7, 11) is -4.96. The molecular weight excluding hydrogens is 630 g/mol. The molecule has 3 aliphatic rings. The number of anilines is 1. The molecule has 2 aromatic rings. The smallest absolute Gasteiger partial charge is 0.362 e. The molecule has 1 amide bonds. The van der Waals surface area contributed by atoms with Crippen LogP contribution >= 0.6 is 11.3 Å². The Kier molecular flexibility index (Phi) is 10.4. The number of nitrogen functional groups attached to an aromatic ring is 1. The van der Waals surface area contributed by atoms with Crippen molar-refractivity contribution in [3.8, 4) is 0 Å². The third-order valence-electron chi connectivity index (χ3n) is 7.81. The van der Waals surface area contributed by atoms with Gasteiger partial charge in [-0.1, -0.05) is 19.0 Å². The molecule has 1 saturated heterocycles. The number of aryl methyl sites for hydroxylation is 1. The van der Waals surface area contributed by atoms with Crippen LogP contribution in [-0.2, 0) is 42.5 Å². The van der Waals surface area contributed by atoms with Crippen LogP contribution in [0.15, 0.2) is 16.7 Å². The van der Waals surface area contributed by atoms with Crippen LogP contribution in [0.1, 0.15) is 70.2 Å². The van der Waals surface area contributed by atoms with E-state index in [2.05, 4.69) is 20.3 Å². The standard InChI is InChI=1S/C24H31N9O8S2.C2H6/c25-13(5-12-6-14(26)7-12)1-2-15-9-28-32(30-15)10-18-16(21(35)33(18)43(38,39)40)8-19(34)20(17-11-42-23(27)29-17)31-41-24(3-4-24)22(36)37;1-2/h9,11-12,14,16,18,25H,1-8,10,26H2,(H2,27,29)(H,36,37)(H,38,39,40);1-2H3/b25-13?,31-20-;/t12?,14?,16-,18+;/m0./s1. The molecule has 2 atom stereocenters. The third kappa shape index (κ3) is 7.89. The summed E-state index contributed by atoms with van der Waals surface area (Å²) in [6, 6.07) is -0.994. The fourth-order valence-corrected chi connectivity index (χ4v) is 6.66. The van der Waals surface area contributed by atoms with E-state index in [1.54, 1.807) is 0 Å². The molecule has 0 bridgehead atoms. The van der Waals surface area contributed by atoms with Gasteiger partial charge in [0, 0.05) is 36.4 Å². The third-order valence-corrected chi connectivity index (χ3v) is 9.43. The number of carboxylic acids is 1. The van der Waals surface area contributed by atoms with Gasteiger partial charge in [0.25, 0.3) is 0 Å². The van der Waals surface area contributed by atoms with Crippen LogP contribution in [0.25, 0.3) is 0 Å². The number of hydrogen-bond donors (Lipinski definition) is 5. The number of aliphatic carboxylic acids is 1. The van der Waals surface area contributed by atoms with Crippen LogP contribution in [0.4, 0.5) is 5.13 Å². The Bertz CT molecular complexity index is 1580. The van der Waals surface area contributed by atoms with E-state index in [-0.39, 0.29) is 46.3 Å². The number of nitrogens with one attached hydrogen (secondary N) is 1. The van der Waals surface area contributed by atoms with Crippen LogP contribution in [0.2, 0.25) is 0 Å². The van der Waals surface area contributed by atoms with Crippen LogP contribution in [0.5, 0.6) is 0 Å². The summed E-state index contributed by atoms with van der Waals surface area (Å²) in [6.07, 6.45) is 4.69. The lowest BCUT2D eigenvalue weighted by atomic mass is 9.77. The lowest BCUT2D eigenvalue weighted by molar-refractivity contribution is -0.153. The number of carbonyl (C=O) groups excluding carboxylic acids is 2. The van der Waals surface area contributed by atoms with Gasteiger partial charge in [0.1, 0.15) is 5.69 Å². The number of β-lactam (4-membered cyclic amide) rings is 1. The maximum absolute atomic E-state index is 13.4. The first kappa shape index (κ1) is 34.1. The summed E-state index contributed by atoms with van der Waals surface area (Å²) in [4.78, 5) is 48.0. The van der Waals surface area contributed by atoms with E-state index in [4.69, 9.17) is 21.7 Å². The van der Waals surface area contributed by atoms with Gasteiger partial charge in [-0.15, -0.1) is 11.3 Å². The van der Waals surface area contributed by atoms with E-state index in [1.165, 1.54) is 16.4 Å². The number of nitrogens with zero attached hydrogens (tertiary/aromatic N) is 6. The molecule has 7 N–H and O–H groups in total. The zero-order chi connectivity index (χ0) is 33.1. The van der Waals surface area contributed by atoms with Crippen molar-refractivity contribution in [2.75, 3.05) is 5.73 Å². The predicted octanol–water partition coefficient (Wildman–Crippen LogP) is 1.05. The number of nitrogens with two attached hydrogens (primary N) is 2. The number of oxime groups is 1. The second-order valence-electron chi connectivity index (χ2n) is 11.1. The maximum atomic E-state index is 13.4. The highest BCUT2D eigenvalue weighted by atomic mass is 32.2. The van der Waals surface area contributed by atoms with Crippen molar-refractivity contribution in [1.82, 2.24) is 24.3 Å². The lowest BCUT2D eigenvalue weighted by Gasteiger charge is -2.43. The number of aromatic nitrogens is 4. The summed E-state index contributed by atoms with van der Waals surface area (Å²) in [5.74, 6) is -3.81. The normalized spacial score (nSPS) is 23.7. The maximum Gasteiger partial charge on any atom is 0.362 e. The van der Waals surface area contributed by atoms with Crippen LogP contribution in [-0.4, -0.2) is 89.1 Å². The Morgan fingerprint density at radius 2 is 1.96 bits per heavy atom. The van der Waals surface area contributed by atoms with E-state index in [9.17, 15) is 32.5 Å². The molecule has 2 aromatic heterocycles. The topological polar surface area (TPSA) is 270 Å². The molecule has 5 rings (SSSR count). The molecule has 2 aliphatic carbocycles. The second kappa shape index (κ2) is 13.7. The van der Waals surface area contributed by atoms with Crippen molar-refractivity contribution in [3.63, 3.8) is 0 Å². The highest BCUT2D eigenvalue weighted by Gasteiger charge is 2.56. The summed E-state index contributed by atoms with van der Waals surface area (Å²) in [5.41, 5.74) is 10.7. The van der Waals surface area contributed by atoms with Crippen molar-refractivity contribution in [1.29, 1.82) is 5.41 Å². The highest BCUT2D eigenvalue weighted by molar-refractivity contribution is 7.84. The van der Waals surface area contributed by atoms with Gasteiger partial charge in [0.15, 0.2) is 16.6 Å². The number of hydrogen-bond acceptors (Lipinski definition) is 14. The summed E-state index contributed by atoms with van der Waals surface area (Å²) in [6.45, 7) is 3.75. The van der Waals surface area contributed by atoms with Crippen LogP contribution < -0.4 is 11.5 Å². The summed E-state index contributed by atoms with van der Waals surface area (Å²) in [5, 5.41) is 31.3. The van der Waals surface area contributed by atoms with Crippen molar-refractivity contribution < 1.29 is 37.3 Å². The Labute approximate surface area is 263 Å². The van der Waals surface area contributed by atoms with Crippen molar-refractivity contribution in [3.05, 3.63) is 23.0 Å². The summed E-state index contributed by atoms with van der Waals surface area (Å²) >= 11 is 1.00. The van der Waals surface area contributed by atoms with Crippen LogP contribution in [0, 0.1) is 17.2 Å². The molecule has 45 heavy (non-hydrogen) atoms. The Balaban J connectivity index is 0.00000226. The highest BCUT2D eigenvalue weighted by Crippen LogP contribution is 2.40. The van der Waals surface area contributed by atoms with Gasteiger partial charge in [-0.25, -0.2) is 14.1 Å². The first-order valence-electron chi connectivity index (χ1n) is 14.5. The number of Topliss-reactive ketones (excluding diaryl/α,β-unsaturated/α-hetero) is 1. The first-order valence-corrected chi connectivity index (χ1v) is 16.8. The lowest BCUT2D eigenvalue weighted by Crippen LogP contribution is -2.64. The molecule has 0 spiro atoms. The van der Waals surface area contributed by atoms with E-state index in [1.807, 2.05) is 13.8 Å². The fraction of sp³-hybridized carbons (Fsp3) is 0.615. The predicted molar refractivity (Wildman–Crippen MR) is 162 cm³/mol. The van der Waals surface area contributed by atoms with Gasteiger partial charge in [-0.3, -0.25) is 14.1 Å². The molecular formula is C26H37N9O8S2. The van der Waals surface area contributed by atoms with Crippen molar-refractivity contribution >= 4 is 55.9 Å². The number of rotatable bonds is 15. The molecule has 3 heterocycles. The molecule has 0 unspecified atom stereocenters.